The summed E-state index contributed by atoms with van der Waals surface area (Å²) in [6.07, 6.45) is 5.67. The van der Waals surface area contributed by atoms with Crippen LogP contribution in [0.15, 0.2) is 23.1 Å². The lowest BCUT2D eigenvalue weighted by Crippen LogP contribution is -2.51. The molecule has 3 rings (SSSR count). The van der Waals surface area contributed by atoms with E-state index in [-0.39, 0.29) is 5.56 Å². The number of benzene rings is 1. The van der Waals surface area contributed by atoms with Crippen LogP contribution in [0, 0.1) is 0 Å². The van der Waals surface area contributed by atoms with Gasteiger partial charge in [0, 0.05) is 4.90 Å². The van der Waals surface area contributed by atoms with Crippen LogP contribution in [0.3, 0.4) is 0 Å². The molecular formula is C19H23N3O6S. The smallest absolute Gasteiger partial charge is 0.344 e. The fourth-order valence-electron chi connectivity index (χ4n) is 3.55. The highest BCUT2D eigenvalue weighted by Crippen LogP contribution is 2.33. The minimum Gasteiger partial charge on any atom is -0.496 e. The van der Waals surface area contributed by atoms with E-state index in [0.29, 0.717) is 23.6 Å². The van der Waals surface area contributed by atoms with Crippen molar-refractivity contribution in [1.82, 2.24) is 15.8 Å². The molecule has 0 bridgehead atoms. The number of urea groups is 1. The Morgan fingerprint density at radius 1 is 1.24 bits per heavy atom. The van der Waals surface area contributed by atoms with Gasteiger partial charge in [-0.1, -0.05) is 19.3 Å². The topological polar surface area (TPSA) is 114 Å². The van der Waals surface area contributed by atoms with Crippen LogP contribution < -0.4 is 15.5 Å². The maximum atomic E-state index is 12.6. The Bertz CT molecular complexity index is 837. The van der Waals surface area contributed by atoms with Gasteiger partial charge in [0.1, 0.15) is 16.9 Å². The molecule has 1 aliphatic carbocycles. The highest BCUT2D eigenvalue weighted by Gasteiger charge is 2.52. The van der Waals surface area contributed by atoms with Crippen LogP contribution >= 0.6 is 11.8 Å². The van der Waals surface area contributed by atoms with Crippen molar-refractivity contribution in [2.24, 2.45) is 0 Å². The summed E-state index contributed by atoms with van der Waals surface area (Å²) >= 11 is 1.49. The summed E-state index contributed by atoms with van der Waals surface area (Å²) in [6, 6.07) is 4.31. The van der Waals surface area contributed by atoms with E-state index in [0.717, 1.165) is 24.2 Å². The summed E-state index contributed by atoms with van der Waals surface area (Å²) in [4.78, 5) is 50.1. The third kappa shape index (κ3) is 4.31. The normalized spacial score (nSPS) is 17.8. The van der Waals surface area contributed by atoms with E-state index >= 15 is 0 Å². The maximum absolute atomic E-state index is 12.6. The van der Waals surface area contributed by atoms with E-state index in [2.05, 4.69) is 10.7 Å². The summed E-state index contributed by atoms with van der Waals surface area (Å²) in [5.41, 5.74) is 1.46. The Balaban J connectivity index is 1.58. The number of rotatable bonds is 6. The Morgan fingerprint density at radius 2 is 1.97 bits per heavy atom. The number of nitrogens with one attached hydrogen (secondary N) is 2. The molecule has 29 heavy (non-hydrogen) atoms. The molecule has 2 N–H and O–H groups in total. The summed E-state index contributed by atoms with van der Waals surface area (Å²) < 4.78 is 10.2. The van der Waals surface area contributed by atoms with Crippen LogP contribution in [0.4, 0.5) is 4.79 Å². The summed E-state index contributed by atoms with van der Waals surface area (Å²) in [7, 11) is 1.43. The molecule has 1 aromatic carbocycles. The van der Waals surface area contributed by atoms with Gasteiger partial charge >= 0.3 is 12.0 Å². The highest BCUT2D eigenvalue weighted by molar-refractivity contribution is 7.98. The number of carbonyl (C=O) groups excluding carboxylic acids is 4. The van der Waals surface area contributed by atoms with Crippen molar-refractivity contribution in [3.8, 4) is 5.75 Å². The second kappa shape index (κ2) is 8.73. The molecule has 0 aromatic heterocycles. The van der Waals surface area contributed by atoms with E-state index in [1.807, 2.05) is 6.26 Å². The predicted molar refractivity (Wildman–Crippen MR) is 104 cm³/mol. The Labute approximate surface area is 172 Å². The first-order valence-corrected chi connectivity index (χ1v) is 10.5. The molecule has 0 radical (unpaired) electrons. The van der Waals surface area contributed by atoms with E-state index < -0.39 is 36.0 Å². The minimum absolute atomic E-state index is 0.175. The van der Waals surface area contributed by atoms with Crippen molar-refractivity contribution < 1.29 is 28.7 Å². The lowest BCUT2D eigenvalue weighted by atomic mass is 9.82. The Hall–Kier alpha value is -2.75. The molecule has 1 saturated carbocycles. The maximum Gasteiger partial charge on any atom is 0.344 e. The van der Waals surface area contributed by atoms with Gasteiger partial charge in [0.25, 0.3) is 11.8 Å². The first kappa shape index (κ1) is 21.0. The van der Waals surface area contributed by atoms with Gasteiger partial charge in [-0.05, 0) is 37.3 Å². The Morgan fingerprint density at radius 3 is 2.62 bits per heavy atom. The van der Waals surface area contributed by atoms with Crippen LogP contribution in [-0.4, -0.2) is 54.3 Å². The first-order chi connectivity index (χ1) is 13.9. The highest BCUT2D eigenvalue weighted by atomic mass is 32.2. The summed E-state index contributed by atoms with van der Waals surface area (Å²) in [6.45, 7) is -0.643. The predicted octanol–water partition coefficient (Wildman–Crippen LogP) is 1.86. The molecular weight excluding hydrogens is 398 g/mol. The van der Waals surface area contributed by atoms with Crippen molar-refractivity contribution in [3.05, 3.63) is 23.8 Å². The number of esters is 1. The Kier molecular flexibility index (Phi) is 6.31. The van der Waals surface area contributed by atoms with Gasteiger partial charge in [-0.2, -0.15) is 5.01 Å². The van der Waals surface area contributed by atoms with Gasteiger partial charge in [0.05, 0.1) is 7.11 Å². The SMILES string of the molecule is COc1cc(SC)ccc1C(=O)OCC(=O)NN1C(=O)NC2(CCCCC2)C1=O. The quantitative estimate of drug-likeness (QED) is 0.409. The fourth-order valence-corrected chi connectivity index (χ4v) is 3.98. The first-order valence-electron chi connectivity index (χ1n) is 9.25. The minimum atomic E-state index is -0.939. The average molecular weight is 421 g/mol. The summed E-state index contributed by atoms with van der Waals surface area (Å²) in [5.74, 6) is -1.67. The molecule has 9 nitrogen and oxygen atoms in total. The van der Waals surface area contributed by atoms with Crippen LogP contribution in [-0.2, 0) is 14.3 Å². The van der Waals surface area contributed by atoms with Gasteiger partial charge < -0.3 is 14.8 Å². The second-order valence-corrected chi connectivity index (χ2v) is 7.77. The lowest BCUT2D eigenvalue weighted by Gasteiger charge is -2.30. The van der Waals surface area contributed by atoms with Crippen LogP contribution in [0.5, 0.6) is 5.75 Å². The molecule has 1 aliphatic heterocycles. The number of methoxy groups -OCH3 is 1. The molecule has 0 atom stereocenters. The third-order valence-electron chi connectivity index (χ3n) is 5.07. The van der Waals surface area contributed by atoms with Crippen molar-refractivity contribution in [2.45, 2.75) is 42.5 Å². The fraction of sp³-hybridized carbons (Fsp3) is 0.474. The standard InChI is InChI=1S/C19H23N3O6S/c1-27-14-10-12(29-2)6-7-13(14)16(24)28-11-15(23)21-22-17(25)19(20-18(22)26)8-4-3-5-9-19/h6-7,10H,3-5,8-9,11H2,1-2H3,(H,20,26)(H,21,23). The molecule has 0 unspecified atom stereocenters. The van der Waals surface area contributed by atoms with E-state index in [9.17, 15) is 19.2 Å². The zero-order valence-corrected chi connectivity index (χ0v) is 17.1. The molecule has 10 heteroatoms. The molecule has 4 amide bonds. The lowest BCUT2D eigenvalue weighted by molar-refractivity contribution is -0.140. The van der Waals surface area contributed by atoms with Crippen LogP contribution in [0.1, 0.15) is 42.5 Å². The van der Waals surface area contributed by atoms with Crippen LogP contribution in [0.2, 0.25) is 0 Å². The number of imide groups is 1. The summed E-state index contributed by atoms with van der Waals surface area (Å²) in [5, 5.41) is 3.36. The number of carbonyl (C=O) groups is 4. The molecule has 1 spiro atoms. The van der Waals surface area contributed by atoms with Crippen molar-refractivity contribution >= 4 is 35.6 Å². The largest absolute Gasteiger partial charge is 0.496 e. The van der Waals surface area contributed by atoms with Gasteiger partial charge in [-0.3, -0.25) is 15.0 Å². The van der Waals surface area contributed by atoms with Crippen molar-refractivity contribution in [1.29, 1.82) is 0 Å². The van der Waals surface area contributed by atoms with Crippen molar-refractivity contribution in [3.63, 3.8) is 0 Å². The van der Waals surface area contributed by atoms with Crippen LogP contribution in [0.25, 0.3) is 0 Å². The van der Waals surface area contributed by atoms with Gasteiger partial charge in [-0.15, -0.1) is 11.8 Å². The number of hydrogen-bond acceptors (Lipinski definition) is 7. The van der Waals surface area contributed by atoms with Gasteiger partial charge in [0.15, 0.2) is 6.61 Å². The zero-order valence-electron chi connectivity index (χ0n) is 16.3. The number of thioether (sulfide) groups is 1. The van der Waals surface area contributed by atoms with E-state index in [4.69, 9.17) is 9.47 Å². The number of ether oxygens (including phenoxy) is 2. The number of hydrogen-bond donors (Lipinski definition) is 2. The zero-order chi connectivity index (χ0) is 21.0. The molecule has 2 aliphatic rings. The average Bonchev–Trinajstić information content (AvgIpc) is 2.95. The molecule has 1 heterocycles. The molecule has 156 valence electrons. The van der Waals surface area contributed by atoms with Crippen molar-refractivity contribution in [2.75, 3.05) is 20.0 Å². The molecule has 2 fully saturated rings. The van der Waals surface area contributed by atoms with E-state index in [1.165, 1.54) is 18.9 Å². The number of nitrogens with zero attached hydrogens (tertiary/aromatic N) is 1. The second-order valence-electron chi connectivity index (χ2n) is 6.89. The van der Waals surface area contributed by atoms with E-state index in [1.54, 1.807) is 18.2 Å². The number of hydrazine groups is 1. The van der Waals surface area contributed by atoms with Gasteiger partial charge in [0.2, 0.25) is 0 Å². The number of amides is 4. The third-order valence-corrected chi connectivity index (χ3v) is 5.79. The monoisotopic (exact) mass is 421 g/mol. The molecule has 1 aromatic rings. The molecule has 1 saturated heterocycles. The van der Waals surface area contributed by atoms with Gasteiger partial charge in [-0.25, -0.2) is 9.59 Å².